The number of ether oxygens (including phenoxy) is 5. The number of nitrogens with one attached hydrogen (secondary N) is 1. The molecule has 0 saturated heterocycles. The fourth-order valence-electron chi connectivity index (χ4n) is 3.43. The van der Waals surface area contributed by atoms with E-state index >= 15 is 0 Å². The molecule has 0 bridgehead atoms. The van der Waals surface area contributed by atoms with E-state index in [2.05, 4.69) is 20.6 Å². The molecule has 0 aliphatic carbocycles. The van der Waals surface area contributed by atoms with Crippen molar-refractivity contribution in [3.8, 4) is 33.5 Å². The number of benzene rings is 1. The largest absolute Gasteiger partial charge is 0.496 e. The molecular weight excluding hydrogens is 532 g/mol. The predicted molar refractivity (Wildman–Crippen MR) is 141 cm³/mol. The molecule has 0 radical (unpaired) electrons. The van der Waals surface area contributed by atoms with Gasteiger partial charge >= 0.3 is 5.63 Å². The van der Waals surface area contributed by atoms with Crippen LogP contribution < -0.4 is 30.9 Å². The quantitative estimate of drug-likeness (QED) is 0.229. The molecule has 3 N–H and O–H groups in total. The number of hydrogen-bond acceptors (Lipinski definition) is 13. The summed E-state index contributed by atoms with van der Waals surface area (Å²) in [6.07, 6.45) is 1.51. The Morgan fingerprint density at radius 1 is 1.05 bits per heavy atom. The van der Waals surface area contributed by atoms with Crippen LogP contribution in [0.4, 0.5) is 10.9 Å². The number of nitrogens with two attached hydrogens (primary N) is 1. The number of nitrogens with zero attached hydrogens (tertiary/aromatic N) is 4. The molecule has 3 aromatic heterocycles. The molecule has 0 fully saturated rings. The number of methoxy groups -OCH3 is 3. The summed E-state index contributed by atoms with van der Waals surface area (Å²) >= 11 is 1.03. The summed E-state index contributed by atoms with van der Waals surface area (Å²) in [5.41, 5.74) is 5.57. The van der Waals surface area contributed by atoms with Gasteiger partial charge in [-0.1, -0.05) is 17.4 Å². The van der Waals surface area contributed by atoms with Gasteiger partial charge in [0.2, 0.25) is 16.0 Å². The van der Waals surface area contributed by atoms with Crippen molar-refractivity contribution < 1.29 is 32.9 Å². The van der Waals surface area contributed by atoms with Crippen LogP contribution in [0.3, 0.4) is 0 Å². The molecule has 0 atom stereocenters. The maximum absolute atomic E-state index is 13.1. The average molecular weight is 559 g/mol. The zero-order chi connectivity index (χ0) is 27.8. The Kier molecular flexibility index (Phi) is 9.09. The van der Waals surface area contributed by atoms with Gasteiger partial charge in [0.1, 0.15) is 30.5 Å². The summed E-state index contributed by atoms with van der Waals surface area (Å²) < 4.78 is 34.0. The first-order chi connectivity index (χ1) is 19.0. The second-order valence-corrected chi connectivity index (χ2v) is 8.62. The molecule has 3 heterocycles. The normalized spacial score (nSPS) is 10.8. The maximum atomic E-state index is 13.1. The number of nitrogen functional groups attached to an aromatic ring is 1. The second-order valence-electron chi connectivity index (χ2n) is 7.67. The molecular formula is C24H26N6O8S. The van der Waals surface area contributed by atoms with Crippen molar-refractivity contribution in [2.75, 3.05) is 58.8 Å². The van der Waals surface area contributed by atoms with E-state index in [-0.39, 0.29) is 42.0 Å². The number of carbonyl (C=O) groups is 1. The van der Waals surface area contributed by atoms with Crippen molar-refractivity contribution in [1.29, 1.82) is 0 Å². The van der Waals surface area contributed by atoms with Gasteiger partial charge in [0.05, 0.1) is 32.1 Å². The van der Waals surface area contributed by atoms with Gasteiger partial charge in [0.15, 0.2) is 5.76 Å². The highest BCUT2D eigenvalue weighted by atomic mass is 32.1. The molecule has 206 valence electrons. The standard InChI is InChI=1S/C24H26N6O8S/c1-33-9-11-36-16-6-4-5-15(35-3)19(16)14-13-17(38-22(32)20(14)37-12-10-34-2)21(31)27-23-28-29-24(39-23)30-18(25)7-8-26-30/h4-8,13H,9-12,25H2,1-3H3,(H,27,28,31). The number of amides is 1. The maximum Gasteiger partial charge on any atom is 0.379 e. The van der Waals surface area contributed by atoms with Gasteiger partial charge in [0, 0.05) is 25.8 Å². The Bertz CT molecular complexity index is 1480. The van der Waals surface area contributed by atoms with E-state index in [1.807, 2.05) is 0 Å². The van der Waals surface area contributed by atoms with E-state index in [1.54, 1.807) is 31.4 Å². The van der Waals surface area contributed by atoms with Gasteiger partial charge in [0.25, 0.3) is 5.91 Å². The summed E-state index contributed by atoms with van der Waals surface area (Å²) in [6.45, 7) is 0.821. The van der Waals surface area contributed by atoms with Gasteiger partial charge < -0.3 is 33.8 Å². The van der Waals surface area contributed by atoms with Crippen LogP contribution in [0.2, 0.25) is 0 Å². The molecule has 1 amide bonds. The number of anilines is 2. The third-order valence-corrected chi connectivity index (χ3v) is 5.99. The highest BCUT2D eigenvalue weighted by Crippen LogP contribution is 2.42. The Labute approximate surface area is 226 Å². The van der Waals surface area contributed by atoms with Crippen LogP contribution in [0.5, 0.6) is 17.2 Å². The zero-order valence-electron chi connectivity index (χ0n) is 21.3. The van der Waals surface area contributed by atoms with Crippen LogP contribution in [0.25, 0.3) is 16.3 Å². The summed E-state index contributed by atoms with van der Waals surface area (Å²) in [4.78, 5) is 26.2. The van der Waals surface area contributed by atoms with Crippen molar-refractivity contribution >= 4 is 28.2 Å². The lowest BCUT2D eigenvalue weighted by Gasteiger charge is -2.17. The van der Waals surface area contributed by atoms with E-state index in [9.17, 15) is 9.59 Å². The van der Waals surface area contributed by atoms with Crippen molar-refractivity contribution in [2.45, 2.75) is 0 Å². The molecule has 0 aliphatic rings. The van der Waals surface area contributed by atoms with Crippen LogP contribution in [-0.4, -0.2) is 73.6 Å². The number of carbonyl (C=O) groups excluding carboxylic acids is 1. The molecule has 0 spiro atoms. The van der Waals surface area contributed by atoms with Gasteiger partial charge in [-0.25, -0.2) is 4.79 Å². The molecule has 4 rings (SSSR count). The smallest absolute Gasteiger partial charge is 0.379 e. The Balaban J connectivity index is 1.73. The van der Waals surface area contributed by atoms with Crippen LogP contribution in [-0.2, 0) is 9.47 Å². The molecule has 4 aromatic rings. The third-order valence-electron chi connectivity index (χ3n) is 5.18. The van der Waals surface area contributed by atoms with Crippen molar-refractivity contribution in [3.63, 3.8) is 0 Å². The molecule has 1 aromatic carbocycles. The minimum Gasteiger partial charge on any atom is -0.496 e. The van der Waals surface area contributed by atoms with E-state index in [0.29, 0.717) is 34.6 Å². The Morgan fingerprint density at radius 3 is 2.49 bits per heavy atom. The monoisotopic (exact) mass is 558 g/mol. The lowest BCUT2D eigenvalue weighted by Crippen LogP contribution is -2.18. The topological polar surface area (TPSA) is 175 Å². The minimum atomic E-state index is -0.884. The van der Waals surface area contributed by atoms with Crippen molar-refractivity contribution in [2.24, 2.45) is 0 Å². The van der Waals surface area contributed by atoms with Crippen LogP contribution in [0.1, 0.15) is 10.6 Å². The minimum absolute atomic E-state index is 0.0545. The third kappa shape index (κ3) is 6.34. The summed E-state index contributed by atoms with van der Waals surface area (Å²) in [6, 6.07) is 8.08. The Hall–Kier alpha value is -4.47. The summed E-state index contributed by atoms with van der Waals surface area (Å²) in [5.74, 6) is -0.0847. The zero-order valence-corrected chi connectivity index (χ0v) is 22.1. The van der Waals surface area contributed by atoms with Gasteiger partial charge in [-0.15, -0.1) is 10.2 Å². The summed E-state index contributed by atoms with van der Waals surface area (Å²) in [7, 11) is 4.53. The Morgan fingerprint density at radius 2 is 1.79 bits per heavy atom. The van der Waals surface area contributed by atoms with Crippen LogP contribution >= 0.6 is 11.3 Å². The summed E-state index contributed by atoms with van der Waals surface area (Å²) in [5, 5.41) is 15.0. The highest BCUT2D eigenvalue weighted by molar-refractivity contribution is 7.17. The van der Waals surface area contributed by atoms with Gasteiger partial charge in [-0.2, -0.15) is 9.78 Å². The van der Waals surface area contributed by atoms with Crippen molar-refractivity contribution in [3.05, 3.63) is 52.7 Å². The lowest BCUT2D eigenvalue weighted by atomic mass is 10.0. The number of rotatable bonds is 13. The molecule has 14 nitrogen and oxygen atoms in total. The fraction of sp³-hybridized carbons (Fsp3) is 0.292. The average Bonchev–Trinajstić information content (AvgIpc) is 3.57. The molecule has 0 aliphatic heterocycles. The first-order valence-corrected chi connectivity index (χ1v) is 12.3. The number of hydrogen-bond donors (Lipinski definition) is 2. The van der Waals surface area contributed by atoms with E-state index < -0.39 is 11.5 Å². The number of aromatic nitrogens is 4. The van der Waals surface area contributed by atoms with E-state index in [1.165, 1.54) is 31.2 Å². The van der Waals surface area contributed by atoms with Gasteiger partial charge in [-0.05, 0) is 18.2 Å². The second kappa shape index (κ2) is 12.9. The molecule has 39 heavy (non-hydrogen) atoms. The predicted octanol–water partition coefficient (Wildman–Crippen LogP) is 2.24. The first kappa shape index (κ1) is 27.6. The SMILES string of the molecule is COCCOc1cccc(OC)c1-c1cc(C(=O)Nc2nnc(-n3nccc3N)s2)oc(=O)c1OCCOC. The molecule has 0 unspecified atom stereocenters. The van der Waals surface area contributed by atoms with E-state index in [0.717, 1.165) is 11.3 Å². The molecule has 0 saturated carbocycles. The fourth-order valence-corrected chi connectivity index (χ4v) is 4.15. The van der Waals surface area contributed by atoms with Gasteiger partial charge in [-0.3, -0.25) is 10.1 Å². The molecule has 15 heteroatoms. The van der Waals surface area contributed by atoms with Crippen LogP contribution in [0.15, 0.2) is 45.7 Å². The first-order valence-electron chi connectivity index (χ1n) is 11.5. The van der Waals surface area contributed by atoms with Crippen LogP contribution in [0, 0.1) is 0 Å². The lowest BCUT2D eigenvalue weighted by molar-refractivity contribution is 0.0990. The highest BCUT2D eigenvalue weighted by Gasteiger charge is 2.25. The van der Waals surface area contributed by atoms with Crippen molar-refractivity contribution in [1.82, 2.24) is 20.0 Å². The van der Waals surface area contributed by atoms with E-state index in [4.69, 9.17) is 33.8 Å².